The van der Waals surface area contributed by atoms with Crippen LogP contribution in [-0.2, 0) is 10.0 Å². The van der Waals surface area contributed by atoms with Crippen molar-refractivity contribution < 1.29 is 13.5 Å². The molecule has 1 heterocycles. The fourth-order valence-electron chi connectivity index (χ4n) is 2.22. The second kappa shape index (κ2) is 5.40. The summed E-state index contributed by atoms with van der Waals surface area (Å²) in [6.45, 7) is 2.27. The van der Waals surface area contributed by atoms with Crippen LogP contribution in [0.3, 0.4) is 0 Å². The van der Waals surface area contributed by atoms with Crippen LogP contribution in [0.15, 0.2) is 21.5 Å². The van der Waals surface area contributed by atoms with Gasteiger partial charge >= 0.3 is 0 Å². The summed E-state index contributed by atoms with van der Waals surface area (Å²) in [5.41, 5.74) is 6.79. The maximum absolute atomic E-state index is 12.6. The van der Waals surface area contributed by atoms with Crippen molar-refractivity contribution in [1.29, 1.82) is 0 Å². The van der Waals surface area contributed by atoms with E-state index in [-0.39, 0.29) is 11.4 Å². The molecule has 1 saturated heterocycles. The highest BCUT2D eigenvalue weighted by atomic mass is 79.9. The fourth-order valence-corrected chi connectivity index (χ4v) is 4.64. The van der Waals surface area contributed by atoms with Crippen LogP contribution in [0.2, 0.25) is 0 Å². The standard InChI is InChI=1S/C12H17BrN2O3S/c1-8-11(14)5-9(13)6-12(8)19(17,18)15-4-2-3-10(16)7-15/h5-6,10,16H,2-4,7,14H2,1H3/t10-/m0/s1. The van der Waals surface area contributed by atoms with Gasteiger partial charge in [0.1, 0.15) is 0 Å². The van der Waals surface area contributed by atoms with Gasteiger partial charge in [-0.1, -0.05) is 15.9 Å². The van der Waals surface area contributed by atoms with Crippen molar-refractivity contribution in [2.75, 3.05) is 18.8 Å². The van der Waals surface area contributed by atoms with Crippen LogP contribution in [0, 0.1) is 6.92 Å². The molecule has 19 heavy (non-hydrogen) atoms. The largest absolute Gasteiger partial charge is 0.398 e. The van der Waals surface area contributed by atoms with Crippen LogP contribution >= 0.6 is 15.9 Å². The van der Waals surface area contributed by atoms with E-state index in [2.05, 4.69) is 15.9 Å². The molecular formula is C12H17BrN2O3S. The highest BCUT2D eigenvalue weighted by molar-refractivity contribution is 9.10. The Labute approximate surface area is 121 Å². The van der Waals surface area contributed by atoms with E-state index in [1.807, 2.05) is 0 Å². The molecule has 1 aliphatic heterocycles. The first-order valence-corrected chi connectivity index (χ1v) is 8.29. The van der Waals surface area contributed by atoms with Gasteiger partial charge in [0.15, 0.2) is 0 Å². The second-order valence-corrected chi connectivity index (χ2v) is 7.60. The number of halogens is 1. The minimum atomic E-state index is -3.61. The number of sulfonamides is 1. The van der Waals surface area contributed by atoms with Gasteiger partial charge in [-0.3, -0.25) is 0 Å². The Kier molecular flexibility index (Phi) is 4.20. The van der Waals surface area contributed by atoms with Crippen LogP contribution < -0.4 is 5.73 Å². The maximum Gasteiger partial charge on any atom is 0.243 e. The topological polar surface area (TPSA) is 83.6 Å². The fraction of sp³-hybridized carbons (Fsp3) is 0.500. The van der Waals surface area contributed by atoms with E-state index in [0.29, 0.717) is 35.1 Å². The zero-order chi connectivity index (χ0) is 14.2. The number of benzene rings is 1. The van der Waals surface area contributed by atoms with E-state index in [9.17, 15) is 13.5 Å². The van der Waals surface area contributed by atoms with Gasteiger partial charge in [-0.05, 0) is 37.5 Å². The summed E-state index contributed by atoms with van der Waals surface area (Å²) in [5.74, 6) is 0. The summed E-state index contributed by atoms with van der Waals surface area (Å²) >= 11 is 3.26. The van der Waals surface area contributed by atoms with Crippen molar-refractivity contribution in [3.63, 3.8) is 0 Å². The lowest BCUT2D eigenvalue weighted by Crippen LogP contribution is -2.42. The van der Waals surface area contributed by atoms with E-state index in [0.717, 1.165) is 0 Å². The Hall–Kier alpha value is -0.630. The van der Waals surface area contributed by atoms with E-state index < -0.39 is 16.1 Å². The molecule has 1 aromatic rings. The summed E-state index contributed by atoms with van der Waals surface area (Å²) in [4.78, 5) is 0.202. The highest BCUT2D eigenvalue weighted by Crippen LogP contribution is 2.29. The number of anilines is 1. The number of nitrogens with two attached hydrogens (primary N) is 1. The van der Waals surface area contributed by atoms with Gasteiger partial charge in [-0.15, -0.1) is 0 Å². The number of piperidine rings is 1. The number of hydrogen-bond acceptors (Lipinski definition) is 4. The van der Waals surface area contributed by atoms with E-state index in [4.69, 9.17) is 5.73 Å². The van der Waals surface area contributed by atoms with E-state index in [1.165, 1.54) is 4.31 Å². The SMILES string of the molecule is Cc1c(N)cc(Br)cc1S(=O)(=O)N1CCC[C@H](O)C1. The maximum atomic E-state index is 12.6. The Morgan fingerprint density at radius 3 is 2.79 bits per heavy atom. The third kappa shape index (κ3) is 2.94. The average Bonchev–Trinajstić information content (AvgIpc) is 2.33. The van der Waals surface area contributed by atoms with Crippen molar-refractivity contribution in [3.8, 4) is 0 Å². The van der Waals surface area contributed by atoms with Crippen LogP contribution in [-0.4, -0.2) is 37.0 Å². The molecule has 7 heteroatoms. The highest BCUT2D eigenvalue weighted by Gasteiger charge is 2.31. The quantitative estimate of drug-likeness (QED) is 0.793. The molecule has 2 rings (SSSR count). The summed E-state index contributed by atoms with van der Waals surface area (Å²) in [6, 6.07) is 3.24. The molecule has 106 valence electrons. The van der Waals surface area contributed by atoms with Crippen molar-refractivity contribution in [2.45, 2.75) is 30.8 Å². The molecule has 0 saturated carbocycles. The molecule has 1 aliphatic rings. The molecule has 0 unspecified atom stereocenters. The molecule has 1 atom stereocenters. The Morgan fingerprint density at radius 1 is 1.47 bits per heavy atom. The number of rotatable bonds is 2. The first-order chi connectivity index (χ1) is 8.82. The number of hydrogen-bond donors (Lipinski definition) is 2. The monoisotopic (exact) mass is 348 g/mol. The molecule has 0 aromatic heterocycles. The van der Waals surface area contributed by atoms with Gasteiger partial charge < -0.3 is 10.8 Å². The number of β-amino-alcohol motifs (C(OH)–C–C–N with tert-alkyl or cyclic N) is 1. The minimum Gasteiger partial charge on any atom is -0.398 e. The van der Waals surface area contributed by atoms with Crippen molar-refractivity contribution in [2.24, 2.45) is 0 Å². The van der Waals surface area contributed by atoms with Gasteiger partial charge in [0, 0.05) is 23.2 Å². The lowest BCUT2D eigenvalue weighted by atomic mass is 10.1. The molecule has 1 aromatic carbocycles. The van der Waals surface area contributed by atoms with Crippen molar-refractivity contribution >= 4 is 31.6 Å². The second-order valence-electron chi connectivity index (χ2n) is 4.78. The summed E-state index contributed by atoms with van der Waals surface area (Å²) in [7, 11) is -3.61. The number of aliphatic hydroxyl groups is 1. The van der Waals surface area contributed by atoms with Gasteiger partial charge in [0.2, 0.25) is 10.0 Å². The Bertz CT molecular complexity index is 589. The molecule has 0 aliphatic carbocycles. The lowest BCUT2D eigenvalue weighted by Gasteiger charge is -2.29. The third-order valence-electron chi connectivity index (χ3n) is 3.34. The molecule has 0 bridgehead atoms. The molecular weight excluding hydrogens is 332 g/mol. The number of nitrogens with zero attached hydrogens (tertiary/aromatic N) is 1. The van der Waals surface area contributed by atoms with Crippen LogP contribution in [0.5, 0.6) is 0 Å². The summed E-state index contributed by atoms with van der Waals surface area (Å²) in [5, 5.41) is 9.63. The lowest BCUT2D eigenvalue weighted by molar-refractivity contribution is 0.108. The number of nitrogen functional groups attached to an aromatic ring is 1. The third-order valence-corrected chi connectivity index (χ3v) is 5.79. The molecule has 3 N–H and O–H groups in total. The predicted octanol–water partition coefficient (Wildman–Crippen LogP) is 1.49. The van der Waals surface area contributed by atoms with E-state index in [1.54, 1.807) is 19.1 Å². The summed E-state index contributed by atoms with van der Waals surface area (Å²) < 4.78 is 27.2. The Morgan fingerprint density at radius 2 is 2.16 bits per heavy atom. The predicted molar refractivity (Wildman–Crippen MR) is 77.3 cm³/mol. The zero-order valence-electron chi connectivity index (χ0n) is 10.6. The summed E-state index contributed by atoms with van der Waals surface area (Å²) in [6.07, 6.45) is 0.725. The van der Waals surface area contributed by atoms with Crippen molar-refractivity contribution in [3.05, 3.63) is 22.2 Å². The van der Waals surface area contributed by atoms with Gasteiger partial charge in [-0.25, -0.2) is 8.42 Å². The molecule has 5 nitrogen and oxygen atoms in total. The molecule has 1 fully saturated rings. The first-order valence-electron chi connectivity index (χ1n) is 6.06. The van der Waals surface area contributed by atoms with Gasteiger partial charge in [0.25, 0.3) is 0 Å². The van der Waals surface area contributed by atoms with Gasteiger partial charge in [0.05, 0.1) is 11.0 Å². The molecule has 0 spiro atoms. The van der Waals surface area contributed by atoms with Crippen LogP contribution in [0.25, 0.3) is 0 Å². The molecule has 0 radical (unpaired) electrons. The van der Waals surface area contributed by atoms with E-state index >= 15 is 0 Å². The average molecular weight is 349 g/mol. The molecule has 0 amide bonds. The van der Waals surface area contributed by atoms with Gasteiger partial charge in [-0.2, -0.15) is 4.31 Å². The normalized spacial score (nSPS) is 21.5. The minimum absolute atomic E-state index is 0.147. The first kappa shape index (κ1) is 14.8. The Balaban J connectivity index is 2.45. The van der Waals surface area contributed by atoms with Crippen LogP contribution in [0.1, 0.15) is 18.4 Å². The number of aliphatic hydroxyl groups excluding tert-OH is 1. The zero-order valence-corrected chi connectivity index (χ0v) is 13.0. The van der Waals surface area contributed by atoms with Crippen LogP contribution in [0.4, 0.5) is 5.69 Å². The smallest absolute Gasteiger partial charge is 0.243 e. The van der Waals surface area contributed by atoms with Crippen molar-refractivity contribution in [1.82, 2.24) is 4.31 Å².